The molecule has 0 saturated heterocycles. The maximum Gasteiger partial charge on any atom is 0.0325 e. The highest BCUT2D eigenvalue weighted by Gasteiger charge is 2.12. The molecule has 0 fully saturated rings. The Morgan fingerprint density at radius 2 is 1.70 bits per heavy atom. The van der Waals surface area contributed by atoms with Gasteiger partial charge in [-0.1, -0.05) is 54.9 Å². The molecule has 0 bridgehead atoms. The summed E-state index contributed by atoms with van der Waals surface area (Å²) in [5.41, 5.74) is 9.40. The minimum atomic E-state index is 0.211. The van der Waals surface area contributed by atoms with Gasteiger partial charge in [0.05, 0.1) is 0 Å². The number of hydrogen-bond donors (Lipinski definition) is 1. The minimum absolute atomic E-state index is 0.211. The molecule has 0 aliphatic heterocycles. The number of nitrogens with two attached hydrogens (primary N) is 1. The van der Waals surface area contributed by atoms with Gasteiger partial charge in [0.15, 0.2) is 0 Å². The Bertz CT molecular complexity index is 585. The molecule has 0 radical (unpaired) electrons. The van der Waals surface area contributed by atoms with Gasteiger partial charge in [0, 0.05) is 20.8 Å². The van der Waals surface area contributed by atoms with Gasteiger partial charge in [-0.3, -0.25) is 0 Å². The second-order valence-corrected chi connectivity index (χ2v) is 7.82. The van der Waals surface area contributed by atoms with E-state index in [1.54, 1.807) is 0 Å². The van der Waals surface area contributed by atoms with E-state index >= 15 is 0 Å². The SMILES string of the molecule is CC(C)(C)c1ccc(SCc2ccc(N)cc2Br)cc1. The van der Waals surface area contributed by atoms with Gasteiger partial charge in [-0.05, 0) is 40.8 Å². The van der Waals surface area contributed by atoms with Crippen molar-refractivity contribution in [3.8, 4) is 0 Å². The Hall–Kier alpha value is -0.930. The van der Waals surface area contributed by atoms with Gasteiger partial charge in [-0.15, -0.1) is 11.8 Å². The van der Waals surface area contributed by atoms with Gasteiger partial charge in [-0.2, -0.15) is 0 Å². The minimum Gasteiger partial charge on any atom is -0.399 e. The lowest BCUT2D eigenvalue weighted by atomic mass is 9.87. The van der Waals surface area contributed by atoms with Crippen LogP contribution in [0.3, 0.4) is 0 Å². The maximum absolute atomic E-state index is 5.76. The fourth-order valence-corrected chi connectivity index (χ4v) is 3.52. The molecular formula is C17H20BrNS. The third-order valence-electron chi connectivity index (χ3n) is 3.19. The average Bonchev–Trinajstić information content (AvgIpc) is 2.37. The van der Waals surface area contributed by atoms with Crippen molar-refractivity contribution in [2.24, 2.45) is 0 Å². The Morgan fingerprint density at radius 3 is 2.25 bits per heavy atom. The molecule has 20 heavy (non-hydrogen) atoms. The van der Waals surface area contributed by atoms with Gasteiger partial charge < -0.3 is 5.73 Å². The van der Waals surface area contributed by atoms with Crippen LogP contribution in [0.4, 0.5) is 5.69 Å². The second kappa shape index (κ2) is 6.23. The lowest BCUT2D eigenvalue weighted by Crippen LogP contribution is -2.10. The van der Waals surface area contributed by atoms with E-state index in [1.807, 2.05) is 23.9 Å². The first-order chi connectivity index (χ1) is 9.36. The van der Waals surface area contributed by atoms with E-state index in [0.717, 1.165) is 15.9 Å². The van der Waals surface area contributed by atoms with Crippen molar-refractivity contribution in [3.63, 3.8) is 0 Å². The molecule has 0 heterocycles. The summed E-state index contributed by atoms with van der Waals surface area (Å²) in [6.45, 7) is 6.71. The number of benzene rings is 2. The van der Waals surface area contributed by atoms with Crippen LogP contribution in [0.1, 0.15) is 31.9 Å². The number of nitrogen functional groups attached to an aromatic ring is 1. The molecule has 0 atom stereocenters. The summed E-state index contributed by atoms with van der Waals surface area (Å²) in [6, 6.07) is 14.8. The van der Waals surface area contributed by atoms with Crippen LogP contribution < -0.4 is 5.73 Å². The van der Waals surface area contributed by atoms with Crippen LogP contribution >= 0.6 is 27.7 Å². The zero-order valence-electron chi connectivity index (χ0n) is 12.1. The lowest BCUT2D eigenvalue weighted by Gasteiger charge is -2.19. The Kier molecular flexibility index (Phi) is 4.82. The maximum atomic E-state index is 5.76. The fraction of sp³-hybridized carbons (Fsp3) is 0.294. The highest BCUT2D eigenvalue weighted by Crippen LogP contribution is 2.30. The topological polar surface area (TPSA) is 26.0 Å². The molecule has 0 spiro atoms. The zero-order chi connectivity index (χ0) is 14.8. The molecule has 0 aliphatic carbocycles. The van der Waals surface area contributed by atoms with E-state index in [-0.39, 0.29) is 5.41 Å². The first-order valence-electron chi connectivity index (χ1n) is 6.63. The molecule has 2 aromatic rings. The Labute approximate surface area is 134 Å². The predicted molar refractivity (Wildman–Crippen MR) is 93.3 cm³/mol. The highest BCUT2D eigenvalue weighted by molar-refractivity contribution is 9.10. The Morgan fingerprint density at radius 1 is 1.05 bits per heavy atom. The standard InChI is InChI=1S/C17H20BrNS/c1-17(2,3)13-5-8-15(9-6-13)20-11-12-4-7-14(19)10-16(12)18/h4-10H,11,19H2,1-3H3. The van der Waals surface area contributed by atoms with Gasteiger partial charge in [0.1, 0.15) is 0 Å². The first kappa shape index (κ1) is 15.5. The predicted octanol–water partition coefficient (Wildman–Crippen LogP) is 5.62. The molecule has 106 valence electrons. The summed E-state index contributed by atoms with van der Waals surface area (Å²) < 4.78 is 1.08. The number of thioether (sulfide) groups is 1. The summed E-state index contributed by atoms with van der Waals surface area (Å²) in [4.78, 5) is 1.29. The third kappa shape index (κ3) is 4.03. The van der Waals surface area contributed by atoms with Gasteiger partial charge >= 0.3 is 0 Å². The van der Waals surface area contributed by atoms with Crippen molar-refractivity contribution in [1.82, 2.24) is 0 Å². The molecule has 2 N–H and O–H groups in total. The van der Waals surface area contributed by atoms with E-state index in [1.165, 1.54) is 16.0 Å². The number of halogens is 1. The van der Waals surface area contributed by atoms with Gasteiger partial charge in [0.25, 0.3) is 0 Å². The van der Waals surface area contributed by atoms with Gasteiger partial charge in [-0.25, -0.2) is 0 Å². The van der Waals surface area contributed by atoms with Crippen LogP contribution in [0.5, 0.6) is 0 Å². The second-order valence-electron chi connectivity index (χ2n) is 5.91. The largest absolute Gasteiger partial charge is 0.399 e. The van der Waals surface area contributed by atoms with Crippen LogP contribution in [-0.2, 0) is 11.2 Å². The zero-order valence-corrected chi connectivity index (χ0v) is 14.5. The first-order valence-corrected chi connectivity index (χ1v) is 8.41. The van der Waals surface area contributed by atoms with E-state index < -0.39 is 0 Å². The van der Waals surface area contributed by atoms with Crippen molar-refractivity contribution in [2.75, 3.05) is 5.73 Å². The third-order valence-corrected chi connectivity index (χ3v) is 4.99. The quantitative estimate of drug-likeness (QED) is 0.574. The summed E-state index contributed by atoms with van der Waals surface area (Å²) in [5, 5.41) is 0. The van der Waals surface area contributed by atoms with E-state index in [4.69, 9.17) is 5.73 Å². The molecule has 0 unspecified atom stereocenters. The molecule has 3 heteroatoms. The van der Waals surface area contributed by atoms with Crippen LogP contribution in [0.2, 0.25) is 0 Å². The van der Waals surface area contributed by atoms with E-state index in [2.05, 4.69) is 67.0 Å². The van der Waals surface area contributed by atoms with Crippen LogP contribution in [-0.4, -0.2) is 0 Å². The molecule has 0 saturated carbocycles. The van der Waals surface area contributed by atoms with Crippen molar-refractivity contribution in [2.45, 2.75) is 36.8 Å². The molecule has 1 nitrogen and oxygen atoms in total. The van der Waals surface area contributed by atoms with Gasteiger partial charge in [0.2, 0.25) is 0 Å². The van der Waals surface area contributed by atoms with Crippen LogP contribution in [0, 0.1) is 0 Å². The molecule has 0 aliphatic rings. The monoisotopic (exact) mass is 349 g/mol. The average molecular weight is 350 g/mol. The number of anilines is 1. The summed E-state index contributed by atoms with van der Waals surface area (Å²) in [5.74, 6) is 0.940. The molecule has 2 aromatic carbocycles. The highest BCUT2D eigenvalue weighted by atomic mass is 79.9. The van der Waals surface area contributed by atoms with Crippen LogP contribution in [0.25, 0.3) is 0 Å². The lowest BCUT2D eigenvalue weighted by molar-refractivity contribution is 0.590. The van der Waals surface area contributed by atoms with E-state index in [0.29, 0.717) is 0 Å². The van der Waals surface area contributed by atoms with Crippen molar-refractivity contribution in [1.29, 1.82) is 0 Å². The summed E-state index contributed by atoms with van der Waals surface area (Å²) in [7, 11) is 0. The molecule has 0 amide bonds. The number of hydrogen-bond acceptors (Lipinski definition) is 2. The Balaban J connectivity index is 2.04. The summed E-state index contributed by atoms with van der Waals surface area (Å²) >= 11 is 5.41. The molecule has 2 rings (SSSR count). The van der Waals surface area contributed by atoms with E-state index in [9.17, 15) is 0 Å². The van der Waals surface area contributed by atoms with Crippen molar-refractivity contribution < 1.29 is 0 Å². The van der Waals surface area contributed by atoms with Crippen LogP contribution in [0.15, 0.2) is 51.8 Å². The molecular weight excluding hydrogens is 330 g/mol. The molecule has 0 aromatic heterocycles. The van der Waals surface area contributed by atoms with Crippen molar-refractivity contribution >= 4 is 33.4 Å². The summed E-state index contributed by atoms with van der Waals surface area (Å²) in [6.07, 6.45) is 0. The fourth-order valence-electron chi connectivity index (χ4n) is 1.89. The van der Waals surface area contributed by atoms with Crippen molar-refractivity contribution in [3.05, 3.63) is 58.1 Å². The smallest absolute Gasteiger partial charge is 0.0325 e. The number of rotatable bonds is 3. The normalized spacial score (nSPS) is 11.6.